The van der Waals surface area contributed by atoms with Gasteiger partial charge in [-0.2, -0.15) is 5.10 Å². The summed E-state index contributed by atoms with van der Waals surface area (Å²) < 4.78 is 15.6. The van der Waals surface area contributed by atoms with Gasteiger partial charge in [0.05, 0.1) is 31.7 Å². The zero-order valence-corrected chi connectivity index (χ0v) is 21.1. The molecule has 3 aromatic rings. The van der Waals surface area contributed by atoms with E-state index in [1.807, 2.05) is 6.07 Å². The molecular weight excluding hydrogens is 498 g/mol. The fourth-order valence-corrected chi connectivity index (χ4v) is 6.34. The molecule has 0 spiro atoms. The van der Waals surface area contributed by atoms with Crippen LogP contribution in [-0.2, 0) is 11.8 Å². The van der Waals surface area contributed by atoms with Crippen LogP contribution in [0.2, 0.25) is 10.0 Å². The molecular formula is C24H25Cl2FN4O2S. The highest BCUT2D eigenvalue weighted by Gasteiger charge is 2.34. The lowest BCUT2D eigenvalue weighted by molar-refractivity contribution is -0.121. The topological polar surface area (TPSA) is 76.0 Å². The molecule has 3 atom stereocenters. The molecule has 2 N–H and O–H groups in total. The SMILES string of the molecule is CNC(=O)CC1C[C@@H](c2cccc(F)c2)[C@H](CC(=O)c2cc(Cl)c(-c3c(Cl)cnn3C)s2)CN1. The normalized spacial score (nSPS) is 20.3. The van der Waals surface area contributed by atoms with Crippen molar-refractivity contribution >= 4 is 46.2 Å². The molecule has 0 saturated carbocycles. The van der Waals surface area contributed by atoms with E-state index < -0.39 is 0 Å². The summed E-state index contributed by atoms with van der Waals surface area (Å²) in [5, 5.41) is 11.1. The van der Waals surface area contributed by atoms with Crippen LogP contribution in [0.4, 0.5) is 4.39 Å². The first kappa shape index (κ1) is 24.9. The molecule has 10 heteroatoms. The lowest BCUT2D eigenvalue weighted by Crippen LogP contribution is -2.45. The fraction of sp³-hybridized carbons (Fsp3) is 0.375. The van der Waals surface area contributed by atoms with Gasteiger partial charge >= 0.3 is 0 Å². The summed E-state index contributed by atoms with van der Waals surface area (Å²) in [7, 11) is 3.38. The number of benzene rings is 1. The minimum absolute atomic E-state index is 0.0330. The van der Waals surface area contributed by atoms with E-state index in [0.29, 0.717) is 44.9 Å². The van der Waals surface area contributed by atoms with Gasteiger partial charge in [0.15, 0.2) is 5.78 Å². The molecule has 1 amide bonds. The van der Waals surface area contributed by atoms with Crippen LogP contribution in [0.25, 0.3) is 10.6 Å². The second-order valence-electron chi connectivity index (χ2n) is 8.52. The smallest absolute Gasteiger partial charge is 0.221 e. The molecule has 3 heterocycles. The molecule has 0 aliphatic carbocycles. The maximum absolute atomic E-state index is 14.0. The number of thiophene rings is 1. The highest BCUT2D eigenvalue weighted by molar-refractivity contribution is 7.18. The lowest BCUT2D eigenvalue weighted by Gasteiger charge is -2.37. The van der Waals surface area contributed by atoms with E-state index in [0.717, 1.165) is 5.56 Å². The largest absolute Gasteiger partial charge is 0.359 e. The fourth-order valence-electron chi connectivity index (χ4n) is 4.56. The number of carbonyl (C=O) groups is 2. The minimum Gasteiger partial charge on any atom is -0.359 e. The first-order valence-corrected chi connectivity index (χ1v) is 12.5. The van der Waals surface area contributed by atoms with E-state index in [1.54, 1.807) is 37.1 Å². The minimum atomic E-state index is -0.313. The number of ketones is 1. The van der Waals surface area contributed by atoms with E-state index in [4.69, 9.17) is 23.2 Å². The summed E-state index contributed by atoms with van der Waals surface area (Å²) in [4.78, 5) is 26.4. The number of amides is 1. The second kappa shape index (κ2) is 10.6. The summed E-state index contributed by atoms with van der Waals surface area (Å²) in [6.07, 6.45) is 2.78. The van der Waals surface area contributed by atoms with Gasteiger partial charge in [0.1, 0.15) is 5.82 Å². The third-order valence-electron chi connectivity index (χ3n) is 6.28. The van der Waals surface area contributed by atoms with Crippen LogP contribution >= 0.6 is 34.5 Å². The standard InChI is InChI=1S/C24H25Cl2FN4O2S/c1-28-22(33)9-16-8-17(13-4-3-5-15(27)6-13)14(11-29-16)7-20(32)21-10-18(25)24(34-21)23-19(26)12-30-31(23)2/h3-6,10,12,14,16-17,29H,7-9,11H2,1-2H3,(H,28,33)/t14-,16?,17+/m1/s1. The number of Topliss-reactive ketones (excluding diaryl/α,β-unsaturated/α-hetero) is 1. The van der Waals surface area contributed by atoms with E-state index in [2.05, 4.69) is 15.7 Å². The molecule has 4 rings (SSSR count). The molecule has 1 unspecified atom stereocenters. The Labute approximate surface area is 211 Å². The van der Waals surface area contributed by atoms with Crippen LogP contribution < -0.4 is 10.6 Å². The first-order valence-electron chi connectivity index (χ1n) is 11.0. The molecule has 2 aromatic heterocycles. The van der Waals surface area contributed by atoms with Crippen LogP contribution in [0.3, 0.4) is 0 Å². The molecule has 1 aliphatic rings. The van der Waals surface area contributed by atoms with Crippen molar-refractivity contribution in [2.75, 3.05) is 13.6 Å². The van der Waals surface area contributed by atoms with Crippen molar-refractivity contribution in [3.63, 3.8) is 0 Å². The predicted molar refractivity (Wildman–Crippen MR) is 133 cm³/mol. The van der Waals surface area contributed by atoms with Crippen molar-refractivity contribution in [1.29, 1.82) is 0 Å². The highest BCUT2D eigenvalue weighted by Crippen LogP contribution is 2.41. The molecule has 1 saturated heterocycles. The van der Waals surface area contributed by atoms with Gasteiger partial charge in [-0.3, -0.25) is 14.3 Å². The molecule has 1 aromatic carbocycles. The van der Waals surface area contributed by atoms with Gasteiger partial charge in [0.25, 0.3) is 0 Å². The zero-order valence-electron chi connectivity index (χ0n) is 18.8. The van der Waals surface area contributed by atoms with Crippen LogP contribution in [0, 0.1) is 11.7 Å². The highest BCUT2D eigenvalue weighted by atomic mass is 35.5. The van der Waals surface area contributed by atoms with Crippen LogP contribution in [0.5, 0.6) is 0 Å². The quantitative estimate of drug-likeness (QED) is 0.425. The Morgan fingerprint density at radius 1 is 1.26 bits per heavy atom. The van der Waals surface area contributed by atoms with Crippen molar-refractivity contribution in [2.24, 2.45) is 13.0 Å². The Hall–Kier alpha value is -2.26. The molecule has 1 fully saturated rings. The zero-order chi connectivity index (χ0) is 24.4. The Morgan fingerprint density at radius 2 is 2.06 bits per heavy atom. The molecule has 34 heavy (non-hydrogen) atoms. The Bertz CT molecular complexity index is 1190. The summed E-state index contributed by atoms with van der Waals surface area (Å²) in [6.45, 7) is 0.550. The third-order valence-corrected chi connectivity index (χ3v) is 8.15. The van der Waals surface area contributed by atoms with Crippen molar-refractivity contribution in [1.82, 2.24) is 20.4 Å². The van der Waals surface area contributed by atoms with Gasteiger partial charge < -0.3 is 10.6 Å². The molecule has 6 nitrogen and oxygen atoms in total. The first-order chi connectivity index (χ1) is 16.3. The van der Waals surface area contributed by atoms with E-state index in [1.165, 1.54) is 23.5 Å². The monoisotopic (exact) mass is 522 g/mol. The van der Waals surface area contributed by atoms with Gasteiger partial charge in [0.2, 0.25) is 5.91 Å². The predicted octanol–water partition coefficient (Wildman–Crippen LogP) is 5.07. The van der Waals surface area contributed by atoms with Crippen molar-refractivity contribution in [3.8, 4) is 10.6 Å². The number of nitrogens with one attached hydrogen (secondary N) is 2. The van der Waals surface area contributed by atoms with Gasteiger partial charge in [-0.05, 0) is 48.6 Å². The number of hydrogen-bond acceptors (Lipinski definition) is 5. The number of halogens is 3. The van der Waals surface area contributed by atoms with E-state index >= 15 is 0 Å². The Morgan fingerprint density at radius 3 is 2.74 bits per heavy atom. The average molecular weight is 523 g/mol. The molecule has 1 aliphatic heterocycles. The van der Waals surface area contributed by atoms with Crippen LogP contribution in [0.15, 0.2) is 36.5 Å². The maximum Gasteiger partial charge on any atom is 0.221 e. The van der Waals surface area contributed by atoms with Gasteiger partial charge in [-0.1, -0.05) is 35.3 Å². The number of hydrogen-bond donors (Lipinski definition) is 2. The summed E-state index contributed by atoms with van der Waals surface area (Å²) in [6, 6.07) is 8.13. The molecule has 0 radical (unpaired) electrons. The van der Waals surface area contributed by atoms with Gasteiger partial charge in [-0.15, -0.1) is 11.3 Å². The van der Waals surface area contributed by atoms with Crippen molar-refractivity contribution < 1.29 is 14.0 Å². The number of rotatable bonds is 7. The number of nitrogens with zero attached hydrogens (tertiary/aromatic N) is 2. The number of piperidine rings is 1. The average Bonchev–Trinajstić information content (AvgIpc) is 3.35. The van der Waals surface area contributed by atoms with Gasteiger partial charge in [0, 0.05) is 33.0 Å². The van der Waals surface area contributed by atoms with Crippen LogP contribution in [-0.4, -0.2) is 41.1 Å². The third kappa shape index (κ3) is 5.35. The number of carbonyl (C=O) groups excluding carboxylic acids is 2. The van der Waals surface area contributed by atoms with E-state index in [-0.39, 0.29) is 41.8 Å². The summed E-state index contributed by atoms with van der Waals surface area (Å²) >= 11 is 14.0. The van der Waals surface area contributed by atoms with Crippen LogP contribution in [0.1, 0.15) is 40.4 Å². The number of aromatic nitrogens is 2. The second-order valence-corrected chi connectivity index (χ2v) is 10.4. The summed E-state index contributed by atoms with van der Waals surface area (Å²) in [5.41, 5.74) is 1.51. The lowest BCUT2D eigenvalue weighted by atomic mass is 9.75. The molecule has 180 valence electrons. The van der Waals surface area contributed by atoms with E-state index in [9.17, 15) is 14.0 Å². The number of aryl methyl sites for hydroxylation is 1. The van der Waals surface area contributed by atoms with Crippen molar-refractivity contribution in [3.05, 3.63) is 62.8 Å². The van der Waals surface area contributed by atoms with Crippen molar-refractivity contribution in [2.45, 2.75) is 31.2 Å². The maximum atomic E-state index is 14.0. The molecule has 0 bridgehead atoms. The Kier molecular flexibility index (Phi) is 7.72. The van der Waals surface area contributed by atoms with Gasteiger partial charge in [-0.25, -0.2) is 4.39 Å². The summed E-state index contributed by atoms with van der Waals surface area (Å²) in [5.74, 6) is -0.516. The Balaban J connectivity index is 1.56.